The molecule has 0 aliphatic carbocycles. The van der Waals surface area contributed by atoms with Crippen LogP contribution >= 0.6 is 11.3 Å². The summed E-state index contributed by atoms with van der Waals surface area (Å²) >= 11 is 1.55. The quantitative estimate of drug-likeness (QED) is 0.756. The molecule has 0 aliphatic rings. The van der Waals surface area contributed by atoms with Gasteiger partial charge < -0.3 is 9.84 Å². The molecular formula is C15H14N4O2S. The molecule has 0 unspecified atom stereocenters. The van der Waals surface area contributed by atoms with Crippen LogP contribution in [0.1, 0.15) is 17.9 Å². The van der Waals surface area contributed by atoms with Crippen LogP contribution in [0.4, 0.5) is 0 Å². The van der Waals surface area contributed by atoms with Gasteiger partial charge in [0, 0.05) is 31.8 Å². The zero-order valence-electron chi connectivity index (χ0n) is 11.7. The number of hydrogen-bond donors (Lipinski definition) is 1. The van der Waals surface area contributed by atoms with Gasteiger partial charge in [-0.3, -0.25) is 9.78 Å². The number of carbonyl (C=O) groups excluding carboxylic acids is 1. The van der Waals surface area contributed by atoms with Gasteiger partial charge in [-0.2, -0.15) is 4.98 Å². The Kier molecular flexibility index (Phi) is 4.55. The molecule has 3 aromatic heterocycles. The van der Waals surface area contributed by atoms with Crippen LogP contribution in [-0.2, 0) is 17.8 Å². The number of pyridine rings is 1. The van der Waals surface area contributed by atoms with E-state index in [-0.39, 0.29) is 5.91 Å². The maximum absolute atomic E-state index is 11.8. The molecule has 6 nitrogen and oxygen atoms in total. The minimum absolute atomic E-state index is 0.0558. The summed E-state index contributed by atoms with van der Waals surface area (Å²) in [4.78, 5) is 21.0. The van der Waals surface area contributed by atoms with E-state index in [0.29, 0.717) is 31.1 Å². The lowest BCUT2D eigenvalue weighted by Crippen LogP contribution is -2.23. The number of aryl methyl sites for hydroxylation is 1. The van der Waals surface area contributed by atoms with Crippen molar-refractivity contribution in [3.63, 3.8) is 0 Å². The lowest BCUT2D eigenvalue weighted by atomic mass is 10.2. The van der Waals surface area contributed by atoms with Gasteiger partial charge in [0.25, 0.3) is 0 Å². The van der Waals surface area contributed by atoms with E-state index in [2.05, 4.69) is 20.4 Å². The van der Waals surface area contributed by atoms with Gasteiger partial charge in [-0.15, -0.1) is 11.3 Å². The van der Waals surface area contributed by atoms with E-state index in [1.54, 1.807) is 23.7 Å². The fourth-order valence-electron chi connectivity index (χ4n) is 1.87. The molecule has 0 spiro atoms. The number of amides is 1. The number of hydrogen-bond acceptors (Lipinski definition) is 6. The summed E-state index contributed by atoms with van der Waals surface area (Å²) in [7, 11) is 0. The molecule has 0 radical (unpaired) electrons. The fraction of sp³-hybridized carbons (Fsp3) is 0.200. The Bertz CT molecular complexity index is 725. The third kappa shape index (κ3) is 3.76. The maximum Gasteiger partial charge on any atom is 0.227 e. The number of nitrogens with zero attached hydrogens (tertiary/aromatic N) is 3. The Morgan fingerprint density at radius 3 is 3.05 bits per heavy atom. The monoisotopic (exact) mass is 314 g/mol. The van der Waals surface area contributed by atoms with Gasteiger partial charge in [-0.05, 0) is 23.1 Å². The summed E-state index contributed by atoms with van der Waals surface area (Å²) in [5.74, 6) is 0.987. The molecule has 3 aromatic rings. The Balaban J connectivity index is 1.47. The molecule has 0 fully saturated rings. The first-order valence-corrected chi connectivity index (χ1v) is 7.71. The summed E-state index contributed by atoms with van der Waals surface area (Å²) in [6.45, 7) is 0.469. The van der Waals surface area contributed by atoms with Crippen LogP contribution in [0.15, 0.2) is 46.6 Å². The molecular weight excluding hydrogens is 300 g/mol. The number of nitrogens with one attached hydrogen (secondary N) is 1. The summed E-state index contributed by atoms with van der Waals surface area (Å²) < 4.78 is 5.16. The summed E-state index contributed by atoms with van der Waals surface area (Å²) in [5.41, 5.74) is 0.966. The minimum Gasteiger partial charge on any atom is -0.352 e. The molecule has 112 valence electrons. The van der Waals surface area contributed by atoms with E-state index >= 15 is 0 Å². The third-order valence-corrected chi connectivity index (χ3v) is 3.85. The van der Waals surface area contributed by atoms with Gasteiger partial charge >= 0.3 is 0 Å². The lowest BCUT2D eigenvalue weighted by molar-refractivity contribution is -0.121. The average Bonchev–Trinajstić information content (AvgIpc) is 3.22. The SMILES string of the molecule is O=C(CCc1nc(-c2cccs2)no1)NCc1cccnc1. The van der Waals surface area contributed by atoms with E-state index in [1.165, 1.54) is 0 Å². The Hall–Kier alpha value is -2.54. The molecule has 0 aliphatic heterocycles. The smallest absolute Gasteiger partial charge is 0.227 e. The van der Waals surface area contributed by atoms with Crippen LogP contribution in [0.3, 0.4) is 0 Å². The van der Waals surface area contributed by atoms with Gasteiger partial charge in [-0.25, -0.2) is 0 Å². The van der Waals surface area contributed by atoms with E-state index in [9.17, 15) is 4.79 Å². The van der Waals surface area contributed by atoms with Gasteiger partial charge in [-0.1, -0.05) is 17.3 Å². The van der Waals surface area contributed by atoms with Crippen LogP contribution in [0.5, 0.6) is 0 Å². The van der Waals surface area contributed by atoms with Crippen LogP contribution < -0.4 is 5.32 Å². The van der Waals surface area contributed by atoms with Gasteiger partial charge in [0.2, 0.25) is 17.6 Å². The molecule has 3 rings (SSSR count). The Morgan fingerprint density at radius 2 is 2.27 bits per heavy atom. The van der Waals surface area contributed by atoms with Crippen molar-refractivity contribution >= 4 is 17.2 Å². The second-order valence-electron chi connectivity index (χ2n) is 4.63. The van der Waals surface area contributed by atoms with Crippen molar-refractivity contribution in [2.24, 2.45) is 0 Å². The second-order valence-corrected chi connectivity index (χ2v) is 5.57. The van der Waals surface area contributed by atoms with Crippen LogP contribution in [0.25, 0.3) is 10.7 Å². The topological polar surface area (TPSA) is 80.9 Å². The van der Waals surface area contributed by atoms with Crippen molar-refractivity contribution in [3.05, 3.63) is 53.5 Å². The predicted octanol–water partition coefficient (Wildman–Crippen LogP) is 2.44. The number of rotatable bonds is 6. The predicted molar refractivity (Wildman–Crippen MR) is 82.0 cm³/mol. The zero-order chi connectivity index (χ0) is 15.2. The van der Waals surface area contributed by atoms with E-state index in [4.69, 9.17) is 4.52 Å². The summed E-state index contributed by atoms with van der Waals surface area (Å²) in [6, 6.07) is 7.62. The standard InChI is InChI=1S/C15H14N4O2S/c20-13(17-10-11-3-1-7-16-9-11)5-6-14-18-15(19-21-14)12-4-2-8-22-12/h1-4,7-9H,5-6,10H2,(H,17,20). The Labute approximate surface area is 131 Å². The van der Waals surface area contributed by atoms with Crippen molar-refractivity contribution in [3.8, 4) is 10.7 Å². The third-order valence-electron chi connectivity index (χ3n) is 2.99. The maximum atomic E-state index is 11.8. The van der Waals surface area contributed by atoms with E-state index in [1.807, 2.05) is 29.6 Å². The molecule has 0 saturated heterocycles. The highest BCUT2D eigenvalue weighted by Gasteiger charge is 2.11. The van der Waals surface area contributed by atoms with Crippen molar-refractivity contribution in [1.82, 2.24) is 20.4 Å². The van der Waals surface area contributed by atoms with Gasteiger partial charge in [0.05, 0.1) is 4.88 Å². The van der Waals surface area contributed by atoms with Crippen LogP contribution in [-0.4, -0.2) is 21.0 Å². The zero-order valence-corrected chi connectivity index (χ0v) is 12.5. The van der Waals surface area contributed by atoms with Crippen molar-refractivity contribution < 1.29 is 9.32 Å². The first-order chi connectivity index (χ1) is 10.8. The van der Waals surface area contributed by atoms with Crippen LogP contribution in [0, 0.1) is 0 Å². The number of carbonyl (C=O) groups is 1. The lowest BCUT2D eigenvalue weighted by Gasteiger charge is -2.03. The summed E-state index contributed by atoms with van der Waals surface area (Å²) in [6.07, 6.45) is 4.17. The fourth-order valence-corrected chi connectivity index (χ4v) is 2.52. The van der Waals surface area contributed by atoms with Crippen molar-refractivity contribution in [1.29, 1.82) is 0 Å². The molecule has 1 N–H and O–H groups in total. The highest BCUT2D eigenvalue weighted by molar-refractivity contribution is 7.13. The first-order valence-electron chi connectivity index (χ1n) is 6.83. The molecule has 1 amide bonds. The molecule has 0 bridgehead atoms. The molecule has 0 saturated carbocycles. The number of aromatic nitrogens is 3. The van der Waals surface area contributed by atoms with Crippen LogP contribution in [0.2, 0.25) is 0 Å². The first kappa shape index (κ1) is 14.4. The second kappa shape index (κ2) is 6.95. The molecule has 0 aromatic carbocycles. The largest absolute Gasteiger partial charge is 0.352 e. The van der Waals surface area contributed by atoms with Gasteiger partial charge in [0.15, 0.2) is 0 Å². The Morgan fingerprint density at radius 1 is 1.32 bits per heavy atom. The molecule has 7 heteroatoms. The minimum atomic E-state index is -0.0558. The number of thiophene rings is 1. The average molecular weight is 314 g/mol. The highest BCUT2D eigenvalue weighted by atomic mass is 32.1. The molecule has 0 atom stereocenters. The van der Waals surface area contributed by atoms with E-state index in [0.717, 1.165) is 10.4 Å². The van der Waals surface area contributed by atoms with Crippen molar-refractivity contribution in [2.75, 3.05) is 0 Å². The van der Waals surface area contributed by atoms with E-state index < -0.39 is 0 Å². The highest BCUT2D eigenvalue weighted by Crippen LogP contribution is 2.21. The molecule has 22 heavy (non-hydrogen) atoms. The normalized spacial score (nSPS) is 10.5. The molecule has 3 heterocycles. The summed E-state index contributed by atoms with van der Waals surface area (Å²) in [5, 5.41) is 8.71. The van der Waals surface area contributed by atoms with Gasteiger partial charge in [0.1, 0.15) is 0 Å². The van der Waals surface area contributed by atoms with Crippen molar-refractivity contribution in [2.45, 2.75) is 19.4 Å².